The maximum atomic E-state index is 9.42. The van der Waals surface area contributed by atoms with E-state index in [1.807, 2.05) is 18.2 Å². The van der Waals surface area contributed by atoms with Crippen molar-refractivity contribution in [1.29, 1.82) is 0 Å². The smallest absolute Gasteiger partial charge is 0.0661 e. The number of aliphatic hydroxyl groups is 1. The maximum Gasteiger partial charge on any atom is 0.0661 e. The van der Waals surface area contributed by atoms with Gasteiger partial charge in [-0.3, -0.25) is 0 Å². The fraction of sp³-hybridized carbons (Fsp3) is 0.500. The van der Waals surface area contributed by atoms with E-state index < -0.39 is 0 Å². The van der Waals surface area contributed by atoms with Crippen molar-refractivity contribution in [3.8, 4) is 0 Å². The molecule has 1 saturated carbocycles. The van der Waals surface area contributed by atoms with Crippen molar-refractivity contribution in [3.05, 3.63) is 30.3 Å². The molecule has 0 spiro atoms. The number of nitrogens with one attached hydrogen (secondary N) is 1. The number of anilines is 1. The molecule has 0 aromatic heterocycles. The molecule has 1 aromatic carbocycles. The summed E-state index contributed by atoms with van der Waals surface area (Å²) in [4.78, 5) is 0. The Morgan fingerprint density at radius 2 is 1.79 bits per heavy atom. The predicted octanol–water partition coefficient (Wildman–Crippen LogP) is 2.40. The van der Waals surface area contributed by atoms with Crippen molar-refractivity contribution in [1.82, 2.24) is 0 Å². The molecule has 0 atom stereocenters. The lowest BCUT2D eigenvalue weighted by molar-refractivity contribution is 0.214. The number of benzene rings is 1. The van der Waals surface area contributed by atoms with Crippen molar-refractivity contribution in [3.63, 3.8) is 0 Å². The molecule has 1 aromatic rings. The molecule has 1 aliphatic rings. The summed E-state index contributed by atoms with van der Waals surface area (Å²) in [5.41, 5.74) is 1.06. The lowest BCUT2D eigenvalue weighted by Gasteiger charge is -2.29. The van der Waals surface area contributed by atoms with Crippen LogP contribution in [-0.2, 0) is 0 Å². The lowest BCUT2D eigenvalue weighted by Crippen LogP contribution is -2.38. The van der Waals surface area contributed by atoms with Gasteiger partial charge in [0.1, 0.15) is 0 Å². The number of hydrogen-bond donors (Lipinski definition) is 2. The van der Waals surface area contributed by atoms with Crippen molar-refractivity contribution in [2.45, 2.75) is 31.2 Å². The van der Waals surface area contributed by atoms with Crippen LogP contribution in [0.15, 0.2) is 30.3 Å². The van der Waals surface area contributed by atoms with Gasteiger partial charge in [0.15, 0.2) is 0 Å². The highest BCUT2D eigenvalue weighted by Crippen LogP contribution is 2.32. The minimum Gasteiger partial charge on any atom is -0.394 e. The molecule has 0 radical (unpaired) electrons. The van der Waals surface area contributed by atoms with Crippen LogP contribution in [0.5, 0.6) is 0 Å². The summed E-state index contributed by atoms with van der Waals surface area (Å²) in [5.74, 6) is 0. The molecule has 76 valence electrons. The second-order valence-electron chi connectivity index (χ2n) is 4.14. The zero-order valence-electron chi connectivity index (χ0n) is 8.37. The van der Waals surface area contributed by atoms with Gasteiger partial charge >= 0.3 is 0 Å². The molecule has 0 aliphatic heterocycles. The predicted molar refractivity (Wildman–Crippen MR) is 58.3 cm³/mol. The van der Waals surface area contributed by atoms with E-state index in [0.29, 0.717) is 0 Å². The summed E-state index contributed by atoms with van der Waals surface area (Å²) >= 11 is 0. The van der Waals surface area contributed by atoms with Crippen LogP contribution in [0.1, 0.15) is 25.7 Å². The van der Waals surface area contributed by atoms with E-state index in [0.717, 1.165) is 18.5 Å². The van der Waals surface area contributed by atoms with Crippen molar-refractivity contribution in [2.75, 3.05) is 11.9 Å². The summed E-state index contributed by atoms with van der Waals surface area (Å²) in [6, 6.07) is 10.1. The largest absolute Gasteiger partial charge is 0.394 e. The van der Waals surface area contributed by atoms with E-state index in [9.17, 15) is 5.11 Å². The Labute approximate surface area is 85.0 Å². The van der Waals surface area contributed by atoms with Crippen LogP contribution < -0.4 is 5.32 Å². The number of rotatable bonds is 3. The van der Waals surface area contributed by atoms with Gasteiger partial charge in [0.05, 0.1) is 12.1 Å². The highest BCUT2D eigenvalue weighted by atomic mass is 16.3. The Hall–Kier alpha value is -1.02. The van der Waals surface area contributed by atoms with E-state index in [1.165, 1.54) is 12.8 Å². The zero-order chi connectivity index (χ0) is 9.86. The summed E-state index contributed by atoms with van der Waals surface area (Å²) in [5, 5.41) is 12.9. The van der Waals surface area contributed by atoms with Gasteiger partial charge in [-0.05, 0) is 25.0 Å². The molecule has 2 N–H and O–H groups in total. The number of para-hydroxylation sites is 1. The Morgan fingerprint density at radius 3 is 2.36 bits per heavy atom. The molecule has 0 unspecified atom stereocenters. The summed E-state index contributed by atoms with van der Waals surface area (Å²) in [6.45, 7) is 0.238. The van der Waals surface area contributed by atoms with Gasteiger partial charge in [-0.25, -0.2) is 0 Å². The molecule has 2 heteroatoms. The Bertz CT molecular complexity index is 278. The number of hydrogen-bond acceptors (Lipinski definition) is 2. The first-order valence-electron chi connectivity index (χ1n) is 5.29. The summed E-state index contributed by atoms with van der Waals surface area (Å²) in [7, 11) is 0. The second-order valence-corrected chi connectivity index (χ2v) is 4.14. The Morgan fingerprint density at radius 1 is 1.14 bits per heavy atom. The van der Waals surface area contributed by atoms with Crippen LogP contribution in [0, 0.1) is 0 Å². The van der Waals surface area contributed by atoms with Crippen LogP contribution in [0.25, 0.3) is 0 Å². The average molecular weight is 191 g/mol. The van der Waals surface area contributed by atoms with Gasteiger partial charge in [0, 0.05) is 5.69 Å². The molecule has 0 amide bonds. The topological polar surface area (TPSA) is 32.3 Å². The van der Waals surface area contributed by atoms with Crippen LogP contribution in [0.2, 0.25) is 0 Å². The minimum atomic E-state index is -0.0542. The summed E-state index contributed by atoms with van der Waals surface area (Å²) in [6.07, 6.45) is 4.61. The van der Waals surface area contributed by atoms with E-state index in [-0.39, 0.29) is 12.1 Å². The molecule has 1 fully saturated rings. The molecular weight excluding hydrogens is 174 g/mol. The SMILES string of the molecule is OCC1(Nc2ccccc2)CCCC1. The van der Waals surface area contributed by atoms with Gasteiger partial charge in [-0.1, -0.05) is 31.0 Å². The lowest BCUT2D eigenvalue weighted by atomic mass is 9.98. The first-order valence-corrected chi connectivity index (χ1v) is 5.29. The highest BCUT2D eigenvalue weighted by Gasteiger charge is 2.32. The molecule has 0 bridgehead atoms. The maximum absolute atomic E-state index is 9.42. The quantitative estimate of drug-likeness (QED) is 0.769. The van der Waals surface area contributed by atoms with E-state index in [4.69, 9.17) is 0 Å². The molecule has 2 nitrogen and oxygen atoms in total. The summed E-state index contributed by atoms with van der Waals surface area (Å²) < 4.78 is 0. The molecule has 2 rings (SSSR count). The van der Waals surface area contributed by atoms with Crippen molar-refractivity contribution in [2.24, 2.45) is 0 Å². The minimum absolute atomic E-state index is 0.0542. The molecule has 1 aliphatic carbocycles. The van der Waals surface area contributed by atoms with Crippen LogP contribution in [0.3, 0.4) is 0 Å². The monoisotopic (exact) mass is 191 g/mol. The average Bonchev–Trinajstić information content (AvgIpc) is 2.69. The molecule has 0 saturated heterocycles. The van der Waals surface area contributed by atoms with E-state index >= 15 is 0 Å². The van der Waals surface area contributed by atoms with Gasteiger partial charge in [0.2, 0.25) is 0 Å². The highest BCUT2D eigenvalue weighted by molar-refractivity contribution is 5.45. The standard InChI is InChI=1S/C12H17NO/c14-10-12(8-4-5-9-12)13-11-6-2-1-3-7-11/h1-3,6-7,13-14H,4-5,8-10H2. The zero-order valence-corrected chi connectivity index (χ0v) is 8.37. The van der Waals surface area contributed by atoms with Gasteiger partial charge in [-0.15, -0.1) is 0 Å². The van der Waals surface area contributed by atoms with Gasteiger partial charge < -0.3 is 10.4 Å². The van der Waals surface area contributed by atoms with Crippen LogP contribution in [0.4, 0.5) is 5.69 Å². The van der Waals surface area contributed by atoms with Gasteiger partial charge in [0.25, 0.3) is 0 Å². The third-order valence-corrected chi connectivity index (χ3v) is 3.05. The fourth-order valence-corrected chi connectivity index (χ4v) is 2.20. The number of aliphatic hydroxyl groups excluding tert-OH is 1. The van der Waals surface area contributed by atoms with Gasteiger partial charge in [-0.2, -0.15) is 0 Å². The van der Waals surface area contributed by atoms with Crippen LogP contribution >= 0.6 is 0 Å². The molecular formula is C12H17NO. The third-order valence-electron chi connectivity index (χ3n) is 3.05. The van der Waals surface area contributed by atoms with E-state index in [2.05, 4.69) is 17.4 Å². The third kappa shape index (κ3) is 1.90. The second kappa shape index (κ2) is 4.01. The Balaban J connectivity index is 2.08. The normalized spacial score (nSPS) is 19.5. The Kier molecular flexibility index (Phi) is 2.73. The van der Waals surface area contributed by atoms with Crippen molar-refractivity contribution >= 4 is 5.69 Å². The van der Waals surface area contributed by atoms with E-state index in [1.54, 1.807) is 0 Å². The first-order chi connectivity index (χ1) is 6.85. The first kappa shape index (κ1) is 9.53. The molecule has 0 heterocycles. The van der Waals surface area contributed by atoms with Crippen LogP contribution in [-0.4, -0.2) is 17.3 Å². The van der Waals surface area contributed by atoms with Crippen molar-refractivity contribution < 1.29 is 5.11 Å². The fourth-order valence-electron chi connectivity index (χ4n) is 2.20. The molecule has 14 heavy (non-hydrogen) atoms.